The van der Waals surface area contributed by atoms with Gasteiger partial charge in [-0.15, -0.1) is 17.9 Å². The van der Waals surface area contributed by atoms with Crippen LogP contribution in [-0.2, 0) is 6.54 Å². The highest BCUT2D eigenvalue weighted by Gasteiger charge is 2.14. The van der Waals surface area contributed by atoms with Crippen LogP contribution < -0.4 is 0 Å². The van der Waals surface area contributed by atoms with Gasteiger partial charge in [-0.25, -0.2) is 4.98 Å². The maximum atomic E-state index is 9.01. The van der Waals surface area contributed by atoms with E-state index in [0.717, 1.165) is 10.7 Å². The van der Waals surface area contributed by atoms with Gasteiger partial charge < -0.3 is 5.11 Å². The van der Waals surface area contributed by atoms with E-state index in [1.807, 2.05) is 22.1 Å². The van der Waals surface area contributed by atoms with E-state index in [1.165, 1.54) is 0 Å². The molecular formula is C11H14ClN3OS. The SMILES string of the molecule is C=CCN(CCO)Cc1c(Cl)nc2sccn12. The van der Waals surface area contributed by atoms with Gasteiger partial charge in [0, 0.05) is 31.2 Å². The summed E-state index contributed by atoms with van der Waals surface area (Å²) in [7, 11) is 0. The number of thiazole rings is 1. The molecule has 0 atom stereocenters. The Bertz CT molecular complexity index is 508. The van der Waals surface area contributed by atoms with Gasteiger partial charge in [-0.2, -0.15) is 0 Å². The van der Waals surface area contributed by atoms with Crippen LogP contribution in [-0.4, -0.2) is 39.1 Å². The van der Waals surface area contributed by atoms with E-state index >= 15 is 0 Å². The molecule has 0 aliphatic rings. The van der Waals surface area contributed by atoms with Crippen molar-refractivity contribution in [3.8, 4) is 0 Å². The summed E-state index contributed by atoms with van der Waals surface area (Å²) in [5, 5.41) is 11.5. The lowest BCUT2D eigenvalue weighted by molar-refractivity contribution is 0.202. The summed E-state index contributed by atoms with van der Waals surface area (Å²) in [5.41, 5.74) is 0.957. The van der Waals surface area contributed by atoms with Gasteiger partial charge in [0.25, 0.3) is 0 Å². The van der Waals surface area contributed by atoms with Gasteiger partial charge in [0.05, 0.1) is 12.3 Å². The van der Waals surface area contributed by atoms with Gasteiger partial charge >= 0.3 is 0 Å². The van der Waals surface area contributed by atoms with E-state index in [4.69, 9.17) is 16.7 Å². The van der Waals surface area contributed by atoms with Crippen LogP contribution in [0.5, 0.6) is 0 Å². The predicted molar refractivity (Wildman–Crippen MR) is 70.6 cm³/mol. The van der Waals surface area contributed by atoms with Crippen LogP contribution in [0.1, 0.15) is 5.69 Å². The summed E-state index contributed by atoms with van der Waals surface area (Å²) in [6, 6.07) is 0. The number of aliphatic hydroxyl groups is 1. The van der Waals surface area contributed by atoms with Crippen molar-refractivity contribution in [2.45, 2.75) is 6.54 Å². The zero-order valence-electron chi connectivity index (χ0n) is 9.34. The molecule has 2 rings (SSSR count). The Morgan fingerprint density at radius 2 is 2.47 bits per heavy atom. The second-order valence-electron chi connectivity index (χ2n) is 3.65. The first-order valence-electron chi connectivity index (χ1n) is 5.30. The molecule has 2 heterocycles. The fraction of sp³-hybridized carbons (Fsp3) is 0.364. The third kappa shape index (κ3) is 2.69. The topological polar surface area (TPSA) is 40.8 Å². The van der Waals surface area contributed by atoms with Crippen molar-refractivity contribution >= 4 is 27.9 Å². The number of aromatic nitrogens is 2. The largest absolute Gasteiger partial charge is 0.395 e. The highest BCUT2D eigenvalue weighted by Crippen LogP contribution is 2.22. The Morgan fingerprint density at radius 1 is 1.65 bits per heavy atom. The molecule has 0 aliphatic carbocycles. The normalized spacial score (nSPS) is 11.5. The fourth-order valence-electron chi connectivity index (χ4n) is 1.72. The molecule has 0 aliphatic heterocycles. The molecule has 0 saturated heterocycles. The lowest BCUT2D eigenvalue weighted by atomic mass is 10.4. The summed E-state index contributed by atoms with van der Waals surface area (Å²) >= 11 is 7.67. The van der Waals surface area contributed by atoms with Crippen molar-refractivity contribution in [1.29, 1.82) is 0 Å². The van der Waals surface area contributed by atoms with Gasteiger partial charge in [-0.3, -0.25) is 9.30 Å². The standard InChI is InChI=1S/C11H14ClN3OS/c1-2-3-14(4-6-16)8-9-10(12)13-11-15(9)5-7-17-11/h2,5,7,16H,1,3-4,6,8H2. The summed E-state index contributed by atoms with van der Waals surface area (Å²) in [6.45, 7) is 5.80. The van der Waals surface area contributed by atoms with Crippen LogP contribution in [0.15, 0.2) is 24.2 Å². The second kappa shape index (κ2) is 5.64. The first kappa shape index (κ1) is 12.6. The number of rotatable bonds is 6. The Morgan fingerprint density at radius 3 is 3.18 bits per heavy atom. The molecule has 0 radical (unpaired) electrons. The molecule has 1 N–H and O–H groups in total. The highest BCUT2D eigenvalue weighted by atomic mass is 35.5. The molecule has 0 unspecified atom stereocenters. The first-order chi connectivity index (χ1) is 8.26. The van der Waals surface area contributed by atoms with Gasteiger partial charge in [0.2, 0.25) is 0 Å². The number of imidazole rings is 1. The van der Waals surface area contributed by atoms with Crippen molar-refractivity contribution in [2.24, 2.45) is 0 Å². The molecule has 0 aromatic carbocycles. The van der Waals surface area contributed by atoms with Crippen molar-refractivity contribution in [3.63, 3.8) is 0 Å². The van der Waals surface area contributed by atoms with Gasteiger partial charge in [-0.05, 0) is 0 Å². The molecule has 0 saturated carbocycles. The molecule has 92 valence electrons. The summed E-state index contributed by atoms with van der Waals surface area (Å²) in [5.74, 6) is 0. The smallest absolute Gasteiger partial charge is 0.195 e. The van der Waals surface area contributed by atoms with Crippen LogP contribution in [0.4, 0.5) is 0 Å². The van der Waals surface area contributed by atoms with E-state index in [-0.39, 0.29) is 6.61 Å². The van der Waals surface area contributed by atoms with Crippen molar-refractivity contribution in [2.75, 3.05) is 19.7 Å². The summed E-state index contributed by atoms with van der Waals surface area (Å²) in [4.78, 5) is 7.24. The number of halogens is 1. The van der Waals surface area contributed by atoms with Gasteiger partial charge in [0.1, 0.15) is 0 Å². The average molecular weight is 272 g/mol. The number of fused-ring (bicyclic) bond motifs is 1. The Balaban J connectivity index is 2.22. The molecule has 2 aromatic rings. The third-order valence-electron chi connectivity index (χ3n) is 2.49. The van der Waals surface area contributed by atoms with Crippen LogP contribution in [0.25, 0.3) is 4.96 Å². The summed E-state index contributed by atoms with van der Waals surface area (Å²) in [6.07, 6.45) is 3.77. The third-order valence-corrected chi connectivity index (χ3v) is 3.55. The molecule has 0 bridgehead atoms. The number of hydrogen-bond acceptors (Lipinski definition) is 4. The molecule has 4 nitrogen and oxygen atoms in total. The van der Waals surface area contributed by atoms with Gasteiger partial charge in [-0.1, -0.05) is 17.7 Å². The van der Waals surface area contributed by atoms with Crippen molar-refractivity contribution in [1.82, 2.24) is 14.3 Å². The lowest BCUT2D eigenvalue weighted by Gasteiger charge is -2.18. The van der Waals surface area contributed by atoms with E-state index in [1.54, 1.807) is 11.3 Å². The molecular weight excluding hydrogens is 258 g/mol. The van der Waals surface area contributed by atoms with Crippen LogP contribution in [0, 0.1) is 0 Å². The zero-order chi connectivity index (χ0) is 12.3. The minimum atomic E-state index is 0.122. The fourth-order valence-corrected chi connectivity index (χ4v) is 2.73. The van der Waals surface area contributed by atoms with E-state index in [2.05, 4.69) is 16.5 Å². The highest BCUT2D eigenvalue weighted by molar-refractivity contribution is 7.15. The lowest BCUT2D eigenvalue weighted by Crippen LogP contribution is -2.27. The molecule has 0 spiro atoms. The van der Waals surface area contributed by atoms with Crippen LogP contribution >= 0.6 is 22.9 Å². The maximum absolute atomic E-state index is 9.01. The van der Waals surface area contributed by atoms with Crippen LogP contribution in [0.3, 0.4) is 0 Å². The predicted octanol–water partition coefficient (Wildman–Crippen LogP) is 2.03. The summed E-state index contributed by atoms with van der Waals surface area (Å²) < 4.78 is 1.99. The van der Waals surface area contributed by atoms with Gasteiger partial charge in [0.15, 0.2) is 10.1 Å². The minimum absolute atomic E-state index is 0.122. The Hall–Kier alpha value is -0.880. The minimum Gasteiger partial charge on any atom is -0.395 e. The van der Waals surface area contributed by atoms with E-state index in [0.29, 0.717) is 24.8 Å². The molecule has 0 amide bonds. The second-order valence-corrected chi connectivity index (χ2v) is 4.88. The number of hydrogen-bond donors (Lipinski definition) is 1. The maximum Gasteiger partial charge on any atom is 0.195 e. The van der Waals surface area contributed by atoms with Crippen LogP contribution in [0.2, 0.25) is 5.15 Å². The molecule has 0 fully saturated rings. The molecule has 2 aromatic heterocycles. The van der Waals surface area contributed by atoms with E-state index in [9.17, 15) is 0 Å². The average Bonchev–Trinajstić information content (AvgIpc) is 2.83. The Kier molecular flexibility index (Phi) is 4.17. The van der Waals surface area contributed by atoms with E-state index < -0.39 is 0 Å². The van der Waals surface area contributed by atoms with Crippen molar-refractivity contribution in [3.05, 3.63) is 35.1 Å². The monoisotopic (exact) mass is 271 g/mol. The molecule has 17 heavy (non-hydrogen) atoms. The quantitative estimate of drug-likeness (QED) is 0.818. The number of aliphatic hydroxyl groups excluding tert-OH is 1. The van der Waals surface area contributed by atoms with Crippen molar-refractivity contribution < 1.29 is 5.11 Å². The number of nitrogens with zero attached hydrogens (tertiary/aromatic N) is 3. The Labute approximate surface area is 109 Å². The zero-order valence-corrected chi connectivity index (χ0v) is 10.9. The first-order valence-corrected chi connectivity index (χ1v) is 6.56. The molecule has 6 heteroatoms.